The number of nitrogens with one attached hydrogen (secondary N) is 1. The Hall–Kier alpha value is -5.63. The van der Waals surface area contributed by atoms with Gasteiger partial charge in [0.25, 0.3) is 11.8 Å². The van der Waals surface area contributed by atoms with Crippen LogP contribution in [-0.2, 0) is 0 Å². The van der Waals surface area contributed by atoms with Gasteiger partial charge in [-0.25, -0.2) is 19.9 Å². The topological polar surface area (TPSA) is 155 Å². The summed E-state index contributed by atoms with van der Waals surface area (Å²) >= 11 is 0. The van der Waals surface area contributed by atoms with Gasteiger partial charge in [-0.15, -0.1) is 0 Å². The highest BCUT2D eigenvalue weighted by Crippen LogP contribution is 2.40. The number of hydrogen-bond donors (Lipinski definition) is 2. The number of amides is 2. The molecule has 0 radical (unpaired) electrons. The minimum Gasteiger partial charge on any atom is -0.382 e. The molecule has 5 aromatic rings. The highest BCUT2D eigenvalue weighted by atomic mass is 16.2. The molecule has 4 aromatic heterocycles. The average molecular weight is 584 g/mol. The van der Waals surface area contributed by atoms with Gasteiger partial charge in [0.15, 0.2) is 0 Å². The second kappa shape index (κ2) is 11.2. The first-order valence-corrected chi connectivity index (χ1v) is 14.6. The second-order valence-electron chi connectivity index (χ2n) is 11.3. The highest BCUT2D eigenvalue weighted by molar-refractivity contribution is 6.04. The summed E-state index contributed by atoms with van der Waals surface area (Å²) in [7, 11) is 0. The van der Waals surface area contributed by atoms with Crippen molar-refractivity contribution in [2.45, 2.75) is 37.5 Å². The van der Waals surface area contributed by atoms with Crippen LogP contribution >= 0.6 is 0 Å². The number of imidazole rings is 1. The summed E-state index contributed by atoms with van der Waals surface area (Å²) in [6, 6.07) is 16.4. The molecule has 1 saturated heterocycles. The Morgan fingerprint density at radius 3 is 2.52 bits per heavy atom. The normalized spacial score (nSPS) is 16.4. The van der Waals surface area contributed by atoms with Gasteiger partial charge in [-0.1, -0.05) is 12.1 Å². The van der Waals surface area contributed by atoms with Gasteiger partial charge in [0.2, 0.25) is 0 Å². The summed E-state index contributed by atoms with van der Waals surface area (Å²) in [5, 5.41) is 11.9. The largest absolute Gasteiger partial charge is 0.382 e. The third kappa shape index (κ3) is 5.22. The molecule has 0 unspecified atom stereocenters. The molecule has 1 aliphatic heterocycles. The lowest BCUT2D eigenvalue weighted by molar-refractivity contribution is 0.0703. The van der Waals surface area contributed by atoms with E-state index in [1.54, 1.807) is 36.7 Å². The summed E-state index contributed by atoms with van der Waals surface area (Å²) in [4.78, 5) is 45.8. The van der Waals surface area contributed by atoms with Crippen LogP contribution in [0.15, 0.2) is 73.3 Å². The van der Waals surface area contributed by atoms with Crippen LogP contribution in [0.25, 0.3) is 16.8 Å². The molecule has 2 aliphatic rings. The van der Waals surface area contributed by atoms with E-state index in [0.717, 1.165) is 24.2 Å². The van der Waals surface area contributed by atoms with Crippen LogP contribution < -0.4 is 11.1 Å². The minimum absolute atomic E-state index is 0.0361. The minimum atomic E-state index is -0.238. The molecule has 1 atom stereocenters. The summed E-state index contributed by atoms with van der Waals surface area (Å²) in [5.74, 6) is 1.85. The molecular formula is C33H29N9O2. The molecule has 0 spiro atoms. The van der Waals surface area contributed by atoms with Crippen LogP contribution in [0.5, 0.6) is 0 Å². The van der Waals surface area contributed by atoms with Crippen LogP contribution in [-0.4, -0.2) is 54.1 Å². The Balaban J connectivity index is 1.14. The van der Waals surface area contributed by atoms with Gasteiger partial charge in [0, 0.05) is 54.9 Å². The Labute approximate surface area is 253 Å². The van der Waals surface area contributed by atoms with Gasteiger partial charge < -0.3 is 16.0 Å². The second-order valence-corrected chi connectivity index (χ2v) is 11.3. The number of anilines is 2. The van der Waals surface area contributed by atoms with E-state index in [2.05, 4.69) is 20.3 Å². The number of nitrogen functional groups attached to an aromatic ring is 1. The van der Waals surface area contributed by atoms with Crippen molar-refractivity contribution < 1.29 is 9.59 Å². The van der Waals surface area contributed by atoms with E-state index in [1.807, 2.05) is 45.8 Å². The third-order valence-electron chi connectivity index (χ3n) is 8.30. The lowest BCUT2D eigenvalue weighted by Crippen LogP contribution is -2.39. The van der Waals surface area contributed by atoms with Gasteiger partial charge in [0.05, 0.1) is 5.56 Å². The maximum absolute atomic E-state index is 13.3. The Bertz CT molecular complexity index is 1920. The molecule has 218 valence electrons. The lowest BCUT2D eigenvalue weighted by atomic mass is 9.96. The Morgan fingerprint density at radius 1 is 0.955 bits per heavy atom. The number of rotatable bonds is 6. The fraction of sp³-hybridized carbons (Fsp3) is 0.242. The number of piperidine rings is 1. The summed E-state index contributed by atoms with van der Waals surface area (Å²) < 4.78 is 1.96. The van der Waals surface area contributed by atoms with Gasteiger partial charge in [-0.3, -0.25) is 14.0 Å². The zero-order valence-corrected chi connectivity index (χ0v) is 23.8. The predicted octanol–water partition coefficient (Wildman–Crippen LogP) is 4.79. The molecule has 11 nitrogen and oxygen atoms in total. The monoisotopic (exact) mass is 583 g/mol. The standard InChI is InChI=1S/C33H29N9O2/c34-17-26-10-9-24(18-38-26)33(44)41-14-1-2-25(19-41)31-40-28(29-30(35)37-13-15-42(29)31)21-5-7-22(8-6-21)32(43)39-27-16-23(11-12-36-27)20-3-4-20/h5-13,15-16,18,20,25H,1-4,14,19H2,(H2,35,37)(H,36,39,43)/t25-/m1/s1. The van der Waals surface area contributed by atoms with Crippen LogP contribution in [0.2, 0.25) is 0 Å². The molecule has 3 N–H and O–H groups in total. The number of carbonyl (C=O) groups excluding carboxylic acids is 2. The zero-order chi connectivity index (χ0) is 30.2. The number of carbonyl (C=O) groups is 2. The van der Waals surface area contributed by atoms with Crippen LogP contribution in [0.3, 0.4) is 0 Å². The smallest absolute Gasteiger partial charge is 0.256 e. The van der Waals surface area contributed by atoms with Gasteiger partial charge in [0.1, 0.15) is 40.4 Å². The molecular weight excluding hydrogens is 554 g/mol. The van der Waals surface area contributed by atoms with Gasteiger partial charge in [-0.05, 0) is 73.6 Å². The third-order valence-corrected chi connectivity index (χ3v) is 8.30. The number of aromatic nitrogens is 5. The number of hydrogen-bond acceptors (Lipinski definition) is 8. The lowest BCUT2D eigenvalue weighted by Gasteiger charge is -2.32. The number of nitriles is 1. The van der Waals surface area contributed by atoms with E-state index >= 15 is 0 Å². The van der Waals surface area contributed by atoms with Crippen LogP contribution in [0.4, 0.5) is 11.6 Å². The van der Waals surface area contributed by atoms with E-state index < -0.39 is 0 Å². The molecule has 5 heterocycles. The molecule has 1 saturated carbocycles. The van der Waals surface area contributed by atoms with Gasteiger partial charge >= 0.3 is 0 Å². The molecule has 11 heteroatoms. The maximum atomic E-state index is 13.3. The van der Waals surface area contributed by atoms with Crippen molar-refractivity contribution in [2.24, 2.45) is 0 Å². The maximum Gasteiger partial charge on any atom is 0.256 e. The van der Waals surface area contributed by atoms with Crippen LogP contribution in [0.1, 0.15) is 75.3 Å². The molecule has 44 heavy (non-hydrogen) atoms. The van der Waals surface area contributed by atoms with Crippen molar-refractivity contribution in [1.29, 1.82) is 5.26 Å². The number of pyridine rings is 2. The fourth-order valence-corrected chi connectivity index (χ4v) is 5.87. The summed E-state index contributed by atoms with van der Waals surface area (Å²) in [5.41, 5.74) is 10.9. The molecule has 2 amide bonds. The van der Waals surface area contributed by atoms with E-state index in [1.165, 1.54) is 24.6 Å². The summed E-state index contributed by atoms with van der Waals surface area (Å²) in [6.45, 7) is 1.10. The first-order chi connectivity index (χ1) is 21.5. The van der Waals surface area contributed by atoms with Crippen molar-refractivity contribution in [3.8, 4) is 17.3 Å². The Morgan fingerprint density at radius 2 is 1.77 bits per heavy atom. The number of fused-ring (bicyclic) bond motifs is 1. The van der Waals surface area contributed by atoms with Crippen molar-refractivity contribution in [3.63, 3.8) is 0 Å². The van der Waals surface area contributed by atoms with E-state index in [-0.39, 0.29) is 23.4 Å². The summed E-state index contributed by atoms with van der Waals surface area (Å²) in [6.07, 6.45) is 10.7. The SMILES string of the molecule is N#Cc1ccc(C(=O)N2CCC[C@@H](c3nc(-c4ccc(C(=O)Nc5cc(C6CC6)ccn5)cc4)c4c(N)nccn34)C2)cn1. The quantitative estimate of drug-likeness (QED) is 0.289. The van der Waals surface area contributed by atoms with Crippen molar-refractivity contribution in [2.75, 3.05) is 24.1 Å². The predicted molar refractivity (Wildman–Crippen MR) is 164 cm³/mol. The first-order valence-electron chi connectivity index (χ1n) is 14.6. The average Bonchev–Trinajstić information content (AvgIpc) is 3.85. The first kappa shape index (κ1) is 27.2. The molecule has 2 fully saturated rings. The van der Waals surface area contributed by atoms with Gasteiger partial charge in [-0.2, -0.15) is 5.26 Å². The van der Waals surface area contributed by atoms with Crippen molar-refractivity contribution in [3.05, 3.63) is 102 Å². The molecule has 1 aliphatic carbocycles. The zero-order valence-electron chi connectivity index (χ0n) is 23.8. The van der Waals surface area contributed by atoms with E-state index in [0.29, 0.717) is 53.0 Å². The van der Waals surface area contributed by atoms with Crippen LogP contribution in [0, 0.1) is 11.3 Å². The molecule has 0 bridgehead atoms. The highest BCUT2D eigenvalue weighted by Gasteiger charge is 2.30. The van der Waals surface area contributed by atoms with Crippen molar-refractivity contribution >= 4 is 29.0 Å². The number of likely N-dealkylation sites (tertiary alicyclic amines) is 1. The number of nitrogens with two attached hydrogens (primary N) is 1. The van der Waals surface area contributed by atoms with E-state index in [9.17, 15) is 9.59 Å². The number of benzene rings is 1. The number of nitrogens with zero attached hydrogens (tertiary/aromatic N) is 7. The Kier molecular flexibility index (Phi) is 6.94. The molecule has 7 rings (SSSR count). The molecule has 1 aromatic carbocycles. The van der Waals surface area contributed by atoms with Crippen molar-refractivity contribution in [1.82, 2.24) is 29.2 Å². The van der Waals surface area contributed by atoms with E-state index in [4.69, 9.17) is 16.0 Å². The fourth-order valence-electron chi connectivity index (χ4n) is 5.87.